The van der Waals surface area contributed by atoms with Crippen LogP contribution >= 0.6 is 0 Å². The summed E-state index contributed by atoms with van der Waals surface area (Å²) in [5, 5.41) is 0. The summed E-state index contributed by atoms with van der Waals surface area (Å²) in [5.74, 6) is 1.51. The lowest BCUT2D eigenvalue weighted by molar-refractivity contribution is 0.139. The zero-order chi connectivity index (χ0) is 13.8. The maximum Gasteiger partial charge on any atom is 0.118 e. The minimum atomic E-state index is 0.438. The molecule has 1 fully saturated rings. The maximum absolute atomic E-state index is 5.16. The van der Waals surface area contributed by atoms with E-state index in [9.17, 15) is 0 Å². The quantitative estimate of drug-likeness (QED) is 0.781. The molecule has 0 bridgehead atoms. The van der Waals surface area contributed by atoms with Gasteiger partial charge in [-0.2, -0.15) is 0 Å². The van der Waals surface area contributed by atoms with Crippen molar-refractivity contribution in [3.63, 3.8) is 0 Å². The first-order valence-electron chi connectivity index (χ1n) is 6.97. The summed E-state index contributed by atoms with van der Waals surface area (Å²) >= 11 is 0. The SMILES string of the molecule is COc1ccc(C=N[C@H]2C[C@@H](C)N(C)C[C@H]2C)cc1. The molecule has 104 valence electrons. The Labute approximate surface area is 116 Å². The minimum Gasteiger partial charge on any atom is -0.497 e. The molecule has 0 aliphatic carbocycles. The van der Waals surface area contributed by atoms with E-state index in [1.807, 2.05) is 30.5 Å². The lowest BCUT2D eigenvalue weighted by Crippen LogP contribution is -2.44. The molecule has 1 aliphatic heterocycles. The van der Waals surface area contributed by atoms with Crippen LogP contribution in [-0.2, 0) is 0 Å². The molecule has 1 aliphatic rings. The summed E-state index contributed by atoms with van der Waals surface area (Å²) in [6.45, 7) is 5.70. The molecule has 0 aromatic heterocycles. The number of likely N-dealkylation sites (tertiary alicyclic amines) is 1. The van der Waals surface area contributed by atoms with Crippen molar-refractivity contribution in [2.24, 2.45) is 10.9 Å². The molecule has 1 aromatic carbocycles. The minimum absolute atomic E-state index is 0.438. The normalized spacial score (nSPS) is 28.7. The van der Waals surface area contributed by atoms with Gasteiger partial charge in [0, 0.05) is 18.8 Å². The zero-order valence-electron chi connectivity index (χ0n) is 12.3. The lowest BCUT2D eigenvalue weighted by Gasteiger charge is -2.37. The molecule has 0 spiro atoms. The molecule has 0 unspecified atom stereocenters. The molecule has 0 amide bonds. The fourth-order valence-corrected chi connectivity index (χ4v) is 2.60. The second-order valence-corrected chi connectivity index (χ2v) is 5.62. The first-order valence-corrected chi connectivity index (χ1v) is 6.97. The van der Waals surface area contributed by atoms with Gasteiger partial charge >= 0.3 is 0 Å². The third-order valence-corrected chi connectivity index (χ3v) is 4.10. The highest BCUT2D eigenvalue weighted by Gasteiger charge is 2.27. The average Bonchev–Trinajstić information content (AvgIpc) is 2.42. The number of nitrogens with zero attached hydrogens (tertiary/aromatic N) is 2. The maximum atomic E-state index is 5.16. The largest absolute Gasteiger partial charge is 0.497 e. The third kappa shape index (κ3) is 3.57. The van der Waals surface area contributed by atoms with Gasteiger partial charge in [0.25, 0.3) is 0 Å². The van der Waals surface area contributed by atoms with Gasteiger partial charge in [-0.3, -0.25) is 4.99 Å². The predicted octanol–water partition coefficient (Wildman–Crippen LogP) is 2.84. The smallest absolute Gasteiger partial charge is 0.118 e. The van der Waals surface area contributed by atoms with Crippen LogP contribution in [0, 0.1) is 5.92 Å². The van der Waals surface area contributed by atoms with Gasteiger partial charge in [0.1, 0.15) is 5.75 Å². The van der Waals surface area contributed by atoms with E-state index in [1.54, 1.807) is 7.11 Å². The second kappa shape index (κ2) is 6.20. The molecule has 0 saturated carbocycles. The van der Waals surface area contributed by atoms with Gasteiger partial charge in [0.2, 0.25) is 0 Å². The monoisotopic (exact) mass is 260 g/mol. The average molecular weight is 260 g/mol. The van der Waals surface area contributed by atoms with Crippen molar-refractivity contribution in [2.75, 3.05) is 20.7 Å². The van der Waals surface area contributed by atoms with Crippen molar-refractivity contribution in [1.82, 2.24) is 4.90 Å². The van der Waals surface area contributed by atoms with E-state index in [2.05, 4.69) is 25.8 Å². The molecular formula is C16H24N2O. The van der Waals surface area contributed by atoms with Gasteiger partial charge < -0.3 is 9.64 Å². The summed E-state index contributed by atoms with van der Waals surface area (Å²) in [6, 6.07) is 9.10. The van der Waals surface area contributed by atoms with Gasteiger partial charge in [-0.15, -0.1) is 0 Å². The Morgan fingerprint density at radius 3 is 2.58 bits per heavy atom. The van der Waals surface area contributed by atoms with E-state index in [1.165, 1.54) is 0 Å². The van der Waals surface area contributed by atoms with Crippen LogP contribution in [0.2, 0.25) is 0 Å². The van der Waals surface area contributed by atoms with Crippen molar-refractivity contribution >= 4 is 6.21 Å². The van der Waals surface area contributed by atoms with Gasteiger partial charge in [0.05, 0.1) is 13.2 Å². The molecule has 0 radical (unpaired) electrons. The Balaban J connectivity index is 2.00. The highest BCUT2D eigenvalue weighted by atomic mass is 16.5. The van der Waals surface area contributed by atoms with E-state index >= 15 is 0 Å². The van der Waals surface area contributed by atoms with Gasteiger partial charge in [-0.25, -0.2) is 0 Å². The fraction of sp³-hybridized carbons (Fsp3) is 0.562. The van der Waals surface area contributed by atoms with Crippen molar-refractivity contribution in [3.05, 3.63) is 29.8 Å². The Bertz CT molecular complexity index is 427. The summed E-state index contributed by atoms with van der Waals surface area (Å²) in [7, 11) is 3.88. The van der Waals surface area contributed by atoms with Crippen LogP contribution < -0.4 is 4.74 Å². The summed E-state index contributed by atoms with van der Waals surface area (Å²) in [4.78, 5) is 7.20. The van der Waals surface area contributed by atoms with E-state index in [0.29, 0.717) is 18.0 Å². The van der Waals surface area contributed by atoms with E-state index < -0.39 is 0 Å². The number of piperidine rings is 1. The predicted molar refractivity (Wildman–Crippen MR) is 80.2 cm³/mol. The van der Waals surface area contributed by atoms with Crippen LogP contribution in [0.4, 0.5) is 0 Å². The molecule has 3 atom stereocenters. The molecular weight excluding hydrogens is 236 g/mol. The molecule has 2 rings (SSSR count). The van der Waals surface area contributed by atoms with Crippen LogP contribution in [0.15, 0.2) is 29.3 Å². The Hall–Kier alpha value is -1.35. The number of aliphatic imine (C=N–C) groups is 1. The number of methoxy groups -OCH3 is 1. The number of hydrogen-bond acceptors (Lipinski definition) is 3. The van der Waals surface area contributed by atoms with Crippen LogP contribution in [0.5, 0.6) is 5.75 Å². The standard InChI is InChI=1S/C16H24N2O/c1-12-11-18(3)13(2)9-16(12)17-10-14-5-7-15(19-4)8-6-14/h5-8,10,12-13,16H,9,11H2,1-4H3/t12-,13-,16+/m1/s1. The number of benzene rings is 1. The molecule has 1 aromatic rings. The van der Waals surface area contributed by atoms with Crippen LogP contribution in [0.3, 0.4) is 0 Å². The first kappa shape index (κ1) is 14.1. The van der Waals surface area contributed by atoms with E-state index in [4.69, 9.17) is 9.73 Å². The lowest BCUT2D eigenvalue weighted by atomic mass is 9.90. The summed E-state index contributed by atoms with van der Waals surface area (Å²) in [6.07, 6.45) is 3.14. The highest BCUT2D eigenvalue weighted by Crippen LogP contribution is 2.23. The Kier molecular flexibility index (Phi) is 4.59. The van der Waals surface area contributed by atoms with Crippen molar-refractivity contribution in [1.29, 1.82) is 0 Å². The molecule has 3 nitrogen and oxygen atoms in total. The van der Waals surface area contributed by atoms with Crippen LogP contribution in [0.1, 0.15) is 25.8 Å². The third-order valence-electron chi connectivity index (χ3n) is 4.10. The number of rotatable bonds is 3. The molecule has 19 heavy (non-hydrogen) atoms. The fourth-order valence-electron chi connectivity index (χ4n) is 2.60. The van der Waals surface area contributed by atoms with Crippen molar-refractivity contribution in [2.45, 2.75) is 32.4 Å². The molecule has 1 saturated heterocycles. The van der Waals surface area contributed by atoms with Crippen molar-refractivity contribution in [3.8, 4) is 5.75 Å². The first-order chi connectivity index (χ1) is 9.10. The van der Waals surface area contributed by atoms with Crippen molar-refractivity contribution < 1.29 is 4.74 Å². The number of hydrogen-bond donors (Lipinski definition) is 0. The molecule has 3 heteroatoms. The van der Waals surface area contributed by atoms with Crippen LogP contribution in [-0.4, -0.2) is 43.9 Å². The zero-order valence-corrected chi connectivity index (χ0v) is 12.3. The second-order valence-electron chi connectivity index (χ2n) is 5.62. The molecule has 0 N–H and O–H groups in total. The Morgan fingerprint density at radius 1 is 1.26 bits per heavy atom. The van der Waals surface area contributed by atoms with E-state index in [-0.39, 0.29) is 0 Å². The van der Waals surface area contributed by atoms with Gasteiger partial charge in [-0.1, -0.05) is 6.92 Å². The topological polar surface area (TPSA) is 24.8 Å². The molecule has 1 heterocycles. The number of ether oxygens (including phenoxy) is 1. The summed E-state index contributed by atoms with van der Waals surface area (Å²) in [5.41, 5.74) is 1.14. The van der Waals surface area contributed by atoms with E-state index in [0.717, 1.165) is 24.3 Å². The van der Waals surface area contributed by atoms with Crippen LogP contribution in [0.25, 0.3) is 0 Å². The van der Waals surface area contributed by atoms with Gasteiger partial charge in [0.15, 0.2) is 0 Å². The Morgan fingerprint density at radius 2 is 1.95 bits per heavy atom. The highest BCUT2D eigenvalue weighted by molar-refractivity contribution is 5.79. The summed E-state index contributed by atoms with van der Waals surface area (Å²) < 4.78 is 5.16. The van der Waals surface area contributed by atoms with Gasteiger partial charge in [-0.05, 0) is 56.1 Å².